The largest absolute Gasteiger partial charge is 0.357 e. The fraction of sp³-hybridized carbons (Fsp3) is 0.238. The zero-order valence-electron chi connectivity index (χ0n) is 13.9. The number of benzene rings is 2. The van der Waals surface area contributed by atoms with Crippen LogP contribution in [0.5, 0.6) is 0 Å². The molecule has 1 aromatic heterocycles. The maximum Gasteiger partial charge on any atom is 0.138 e. The Hall–Kier alpha value is -2.36. The molecule has 0 bridgehead atoms. The molecule has 122 valence electrons. The van der Waals surface area contributed by atoms with Crippen molar-refractivity contribution in [3.05, 3.63) is 89.7 Å². The van der Waals surface area contributed by atoms with Gasteiger partial charge < -0.3 is 9.30 Å². The van der Waals surface area contributed by atoms with Gasteiger partial charge in [-0.1, -0.05) is 42.5 Å². The lowest BCUT2D eigenvalue weighted by molar-refractivity contribution is 0.0288. The quantitative estimate of drug-likeness (QED) is 0.713. The Labute approximate surface area is 143 Å². The molecule has 1 saturated heterocycles. The molecule has 0 amide bonds. The Morgan fingerprint density at radius 1 is 1.04 bits per heavy atom. The van der Waals surface area contributed by atoms with Gasteiger partial charge in [-0.05, 0) is 36.2 Å². The predicted octanol–water partition coefficient (Wildman–Crippen LogP) is 4.32. The molecule has 0 N–H and O–H groups in total. The second-order valence-corrected chi connectivity index (χ2v) is 6.37. The third-order valence-electron chi connectivity index (χ3n) is 4.52. The minimum absolute atomic E-state index is 0.0382. The molecule has 3 aromatic rings. The first-order valence-electron chi connectivity index (χ1n) is 8.44. The van der Waals surface area contributed by atoms with Gasteiger partial charge in [0.1, 0.15) is 6.23 Å². The Balaban J connectivity index is 1.55. The van der Waals surface area contributed by atoms with Gasteiger partial charge in [0.25, 0.3) is 0 Å². The molecule has 1 aliphatic rings. The second-order valence-electron chi connectivity index (χ2n) is 6.37. The van der Waals surface area contributed by atoms with Crippen LogP contribution in [0, 0.1) is 6.92 Å². The maximum atomic E-state index is 6.01. The van der Waals surface area contributed by atoms with Crippen LogP contribution in [0.4, 0.5) is 0 Å². The second kappa shape index (κ2) is 6.63. The van der Waals surface area contributed by atoms with Gasteiger partial charge in [-0.15, -0.1) is 0 Å². The highest BCUT2D eigenvalue weighted by molar-refractivity contribution is 5.37. The van der Waals surface area contributed by atoms with Crippen molar-refractivity contribution in [1.29, 1.82) is 0 Å². The smallest absolute Gasteiger partial charge is 0.138 e. The molecule has 1 fully saturated rings. The van der Waals surface area contributed by atoms with E-state index in [1.807, 2.05) is 0 Å². The number of aryl methyl sites for hydroxylation is 1. The fourth-order valence-corrected chi connectivity index (χ4v) is 3.30. The topological polar surface area (TPSA) is 17.4 Å². The molecular weight excluding hydrogens is 296 g/mol. The molecule has 4 rings (SSSR count). The molecule has 3 heteroatoms. The van der Waals surface area contributed by atoms with E-state index in [0.717, 1.165) is 19.7 Å². The van der Waals surface area contributed by atoms with Crippen LogP contribution in [0.15, 0.2) is 73.1 Å². The van der Waals surface area contributed by atoms with E-state index in [-0.39, 0.29) is 6.23 Å². The average molecular weight is 318 g/mol. The summed E-state index contributed by atoms with van der Waals surface area (Å²) >= 11 is 0. The van der Waals surface area contributed by atoms with Crippen LogP contribution in [0.1, 0.15) is 22.9 Å². The molecule has 0 radical (unpaired) electrons. The first-order valence-corrected chi connectivity index (χ1v) is 8.44. The van der Waals surface area contributed by atoms with Crippen LogP contribution in [0.3, 0.4) is 0 Å². The van der Waals surface area contributed by atoms with Crippen LogP contribution in [0.25, 0.3) is 5.69 Å². The van der Waals surface area contributed by atoms with E-state index in [0.29, 0.717) is 0 Å². The van der Waals surface area contributed by atoms with Gasteiger partial charge in [0, 0.05) is 36.7 Å². The maximum absolute atomic E-state index is 6.01. The molecule has 1 atom stereocenters. The number of nitrogens with zero attached hydrogens (tertiary/aromatic N) is 2. The van der Waals surface area contributed by atoms with Gasteiger partial charge in [0.05, 0.1) is 6.61 Å². The normalized spacial score (nSPS) is 18.1. The van der Waals surface area contributed by atoms with Gasteiger partial charge in [-0.2, -0.15) is 0 Å². The Kier molecular flexibility index (Phi) is 4.20. The summed E-state index contributed by atoms with van der Waals surface area (Å²) in [5, 5.41) is 0. The van der Waals surface area contributed by atoms with Gasteiger partial charge in [-0.25, -0.2) is 0 Å². The van der Waals surface area contributed by atoms with E-state index >= 15 is 0 Å². The van der Waals surface area contributed by atoms with Gasteiger partial charge >= 0.3 is 0 Å². The van der Waals surface area contributed by atoms with Crippen molar-refractivity contribution < 1.29 is 4.74 Å². The molecule has 3 nitrogen and oxygen atoms in total. The summed E-state index contributed by atoms with van der Waals surface area (Å²) in [4.78, 5) is 2.39. The van der Waals surface area contributed by atoms with Crippen LogP contribution >= 0.6 is 0 Å². The Morgan fingerprint density at radius 3 is 2.75 bits per heavy atom. The molecule has 24 heavy (non-hydrogen) atoms. The molecule has 1 aliphatic heterocycles. The lowest BCUT2D eigenvalue weighted by Gasteiger charge is -2.22. The van der Waals surface area contributed by atoms with Crippen molar-refractivity contribution in [3.8, 4) is 5.69 Å². The van der Waals surface area contributed by atoms with E-state index in [9.17, 15) is 0 Å². The lowest BCUT2D eigenvalue weighted by atomic mass is 10.2. The first-order chi connectivity index (χ1) is 11.8. The van der Waals surface area contributed by atoms with E-state index in [2.05, 4.69) is 89.4 Å². The minimum atomic E-state index is 0.0382. The number of aromatic nitrogens is 1. The van der Waals surface area contributed by atoms with Crippen molar-refractivity contribution in [2.75, 3.05) is 13.2 Å². The van der Waals surface area contributed by atoms with Gasteiger partial charge in [0.15, 0.2) is 0 Å². The summed E-state index contributed by atoms with van der Waals surface area (Å²) in [6.07, 6.45) is 4.34. The Morgan fingerprint density at radius 2 is 1.92 bits per heavy atom. The SMILES string of the molecule is Cc1cccc(-n2ccc([C@@H]3OCCN3Cc3ccccc3)c2)c1. The molecule has 0 spiro atoms. The monoisotopic (exact) mass is 318 g/mol. The average Bonchev–Trinajstić information content (AvgIpc) is 3.25. The molecule has 0 aliphatic carbocycles. The van der Waals surface area contributed by atoms with E-state index in [1.54, 1.807) is 0 Å². The molecule has 0 saturated carbocycles. The highest BCUT2D eigenvalue weighted by atomic mass is 16.5. The van der Waals surface area contributed by atoms with Crippen molar-refractivity contribution in [2.45, 2.75) is 19.7 Å². The third kappa shape index (κ3) is 3.14. The van der Waals surface area contributed by atoms with Crippen LogP contribution in [-0.4, -0.2) is 22.6 Å². The third-order valence-corrected chi connectivity index (χ3v) is 4.52. The summed E-state index contributed by atoms with van der Waals surface area (Å²) < 4.78 is 8.18. The first kappa shape index (κ1) is 15.2. The Bertz CT molecular complexity index is 809. The summed E-state index contributed by atoms with van der Waals surface area (Å²) in [5.74, 6) is 0. The van der Waals surface area contributed by atoms with Gasteiger partial charge in [-0.3, -0.25) is 4.90 Å². The number of rotatable bonds is 4. The highest BCUT2D eigenvalue weighted by Gasteiger charge is 2.27. The summed E-state index contributed by atoms with van der Waals surface area (Å²) in [7, 11) is 0. The predicted molar refractivity (Wildman–Crippen MR) is 96.1 cm³/mol. The molecule has 0 unspecified atom stereocenters. The summed E-state index contributed by atoms with van der Waals surface area (Å²) in [6.45, 7) is 4.79. The number of ether oxygens (including phenoxy) is 1. The standard InChI is InChI=1S/C21H22N2O/c1-17-6-5-9-20(14-17)22-11-10-19(16-22)21-23(12-13-24-21)15-18-7-3-2-4-8-18/h2-11,14,16,21H,12-13,15H2,1H3/t21-/m0/s1. The number of hydrogen-bond acceptors (Lipinski definition) is 2. The van der Waals surface area contributed by atoms with Crippen molar-refractivity contribution in [3.63, 3.8) is 0 Å². The van der Waals surface area contributed by atoms with Crippen molar-refractivity contribution >= 4 is 0 Å². The summed E-state index contributed by atoms with van der Waals surface area (Å²) in [6, 6.07) is 21.3. The molecule has 2 heterocycles. The van der Waals surface area contributed by atoms with Crippen molar-refractivity contribution in [2.24, 2.45) is 0 Å². The zero-order valence-corrected chi connectivity index (χ0v) is 13.9. The zero-order chi connectivity index (χ0) is 16.4. The highest BCUT2D eigenvalue weighted by Crippen LogP contribution is 2.29. The van der Waals surface area contributed by atoms with E-state index in [1.165, 1.54) is 22.4 Å². The lowest BCUT2D eigenvalue weighted by Crippen LogP contribution is -2.23. The van der Waals surface area contributed by atoms with Crippen LogP contribution in [-0.2, 0) is 11.3 Å². The van der Waals surface area contributed by atoms with Crippen LogP contribution in [0.2, 0.25) is 0 Å². The van der Waals surface area contributed by atoms with E-state index < -0.39 is 0 Å². The summed E-state index contributed by atoms with van der Waals surface area (Å²) in [5.41, 5.74) is 5.00. The van der Waals surface area contributed by atoms with Crippen LogP contribution < -0.4 is 0 Å². The van der Waals surface area contributed by atoms with Crippen molar-refractivity contribution in [1.82, 2.24) is 9.47 Å². The fourth-order valence-electron chi connectivity index (χ4n) is 3.30. The minimum Gasteiger partial charge on any atom is -0.357 e. The number of hydrogen-bond donors (Lipinski definition) is 0. The van der Waals surface area contributed by atoms with E-state index in [4.69, 9.17) is 4.74 Å². The molecular formula is C21H22N2O. The molecule has 2 aromatic carbocycles. The van der Waals surface area contributed by atoms with Gasteiger partial charge in [0.2, 0.25) is 0 Å².